The number of hydrogen-bond acceptors (Lipinski definition) is 2. The Morgan fingerprint density at radius 2 is 1.82 bits per heavy atom. The number of hydrogen-bond donors (Lipinski definition) is 1. The number of nitrogens with zero attached hydrogens (tertiary/aromatic N) is 1. The number of halogens is 2. The molecule has 0 radical (unpaired) electrons. The smallest absolute Gasteiger partial charge is 0.247 e. The summed E-state index contributed by atoms with van der Waals surface area (Å²) in [5.74, 6) is -2.56. The monoisotopic (exact) mass is 308 g/mol. The van der Waals surface area contributed by atoms with Crippen LogP contribution in [0, 0.1) is 11.6 Å². The van der Waals surface area contributed by atoms with Crippen LogP contribution in [-0.4, -0.2) is 29.3 Å². The maximum Gasteiger partial charge on any atom is 0.247 e. The molecule has 1 aliphatic carbocycles. The lowest BCUT2D eigenvalue weighted by Gasteiger charge is -2.26. The molecule has 0 aromatic heterocycles. The van der Waals surface area contributed by atoms with Crippen LogP contribution in [0.1, 0.15) is 31.2 Å². The van der Waals surface area contributed by atoms with Crippen LogP contribution in [0.2, 0.25) is 0 Å². The van der Waals surface area contributed by atoms with Crippen LogP contribution in [0.25, 0.3) is 6.08 Å². The Hall–Kier alpha value is -2.24. The first kappa shape index (κ1) is 16.1. The summed E-state index contributed by atoms with van der Waals surface area (Å²) in [5.41, 5.74) is 4.90. The average Bonchev–Trinajstić information content (AvgIpc) is 2.97. The van der Waals surface area contributed by atoms with Crippen molar-refractivity contribution < 1.29 is 18.4 Å². The van der Waals surface area contributed by atoms with Crippen LogP contribution in [0.4, 0.5) is 8.78 Å². The predicted octanol–water partition coefficient (Wildman–Crippen LogP) is 2.23. The van der Waals surface area contributed by atoms with E-state index in [0.717, 1.165) is 50.0 Å². The predicted molar refractivity (Wildman–Crippen MR) is 78.6 cm³/mol. The van der Waals surface area contributed by atoms with E-state index in [0.29, 0.717) is 0 Å². The van der Waals surface area contributed by atoms with Gasteiger partial charge in [-0.2, -0.15) is 0 Å². The molecular weight excluding hydrogens is 290 g/mol. The Morgan fingerprint density at radius 1 is 1.23 bits per heavy atom. The fourth-order valence-electron chi connectivity index (χ4n) is 2.69. The first-order valence-electron chi connectivity index (χ1n) is 7.20. The highest BCUT2D eigenvalue weighted by molar-refractivity contribution is 5.94. The Balaban J connectivity index is 2.16. The summed E-state index contributed by atoms with van der Waals surface area (Å²) >= 11 is 0. The number of carbonyl (C=O) groups is 2. The van der Waals surface area contributed by atoms with Gasteiger partial charge in [-0.3, -0.25) is 9.59 Å². The van der Waals surface area contributed by atoms with Crippen molar-refractivity contribution in [3.8, 4) is 0 Å². The quantitative estimate of drug-likeness (QED) is 0.848. The number of benzene rings is 1. The minimum absolute atomic E-state index is 0.0462. The summed E-state index contributed by atoms with van der Waals surface area (Å²) in [6.07, 6.45) is 5.76. The van der Waals surface area contributed by atoms with Gasteiger partial charge in [-0.1, -0.05) is 18.9 Å². The zero-order valence-electron chi connectivity index (χ0n) is 12.1. The normalized spacial score (nSPS) is 15.4. The van der Waals surface area contributed by atoms with Crippen molar-refractivity contribution in [2.45, 2.75) is 31.7 Å². The van der Waals surface area contributed by atoms with Gasteiger partial charge in [0.15, 0.2) is 0 Å². The summed E-state index contributed by atoms with van der Waals surface area (Å²) < 4.78 is 27.0. The molecule has 1 aromatic carbocycles. The number of amides is 2. The number of carbonyl (C=O) groups excluding carboxylic acids is 2. The number of rotatable bonds is 5. The van der Waals surface area contributed by atoms with Crippen LogP contribution in [0.5, 0.6) is 0 Å². The molecule has 6 heteroatoms. The van der Waals surface area contributed by atoms with Crippen molar-refractivity contribution in [3.63, 3.8) is 0 Å². The van der Waals surface area contributed by atoms with Gasteiger partial charge in [0.1, 0.15) is 11.6 Å². The van der Waals surface area contributed by atoms with Crippen molar-refractivity contribution in [1.82, 2.24) is 4.90 Å². The molecule has 2 rings (SSSR count). The zero-order valence-corrected chi connectivity index (χ0v) is 12.1. The molecule has 4 nitrogen and oxygen atoms in total. The van der Waals surface area contributed by atoms with Gasteiger partial charge >= 0.3 is 0 Å². The molecule has 1 fully saturated rings. The van der Waals surface area contributed by atoms with E-state index in [4.69, 9.17) is 5.73 Å². The molecule has 118 valence electrons. The van der Waals surface area contributed by atoms with Gasteiger partial charge < -0.3 is 10.6 Å². The van der Waals surface area contributed by atoms with Crippen LogP contribution >= 0.6 is 0 Å². The summed E-state index contributed by atoms with van der Waals surface area (Å²) in [6.45, 7) is -0.187. The molecular formula is C16H18F2N2O2. The summed E-state index contributed by atoms with van der Waals surface area (Å²) in [4.78, 5) is 24.8. The van der Waals surface area contributed by atoms with Gasteiger partial charge in [0.25, 0.3) is 0 Å². The molecule has 1 aromatic rings. The van der Waals surface area contributed by atoms with Crippen molar-refractivity contribution >= 4 is 17.9 Å². The highest BCUT2D eigenvalue weighted by Crippen LogP contribution is 2.24. The van der Waals surface area contributed by atoms with Crippen LogP contribution in [0.3, 0.4) is 0 Å². The number of primary amides is 1. The van der Waals surface area contributed by atoms with E-state index >= 15 is 0 Å². The van der Waals surface area contributed by atoms with Crippen molar-refractivity contribution in [2.75, 3.05) is 6.54 Å². The van der Waals surface area contributed by atoms with Crippen molar-refractivity contribution in [2.24, 2.45) is 5.73 Å². The molecule has 1 saturated carbocycles. The van der Waals surface area contributed by atoms with Gasteiger partial charge in [-0.05, 0) is 31.1 Å². The minimum atomic E-state index is -0.744. The second kappa shape index (κ2) is 7.15. The number of nitrogens with two attached hydrogens (primary N) is 1. The largest absolute Gasteiger partial charge is 0.368 e. The standard InChI is InChI=1S/C16H18F2N2O2/c17-13-6-3-7-14(18)12(13)8-9-16(22)20(10-15(19)21)11-4-1-2-5-11/h3,6-9,11H,1-2,4-5,10H2,(H2,19,21)/b9-8+. The van der Waals surface area contributed by atoms with Gasteiger partial charge in [0.05, 0.1) is 6.54 Å². The lowest BCUT2D eigenvalue weighted by Crippen LogP contribution is -2.43. The zero-order chi connectivity index (χ0) is 16.1. The maximum atomic E-state index is 13.5. The lowest BCUT2D eigenvalue weighted by atomic mass is 10.1. The van der Waals surface area contributed by atoms with E-state index in [1.807, 2.05) is 0 Å². The fraction of sp³-hybridized carbons (Fsp3) is 0.375. The van der Waals surface area contributed by atoms with Gasteiger partial charge in [0, 0.05) is 17.7 Å². The molecule has 2 amide bonds. The molecule has 0 spiro atoms. The Morgan fingerprint density at radius 3 is 2.36 bits per heavy atom. The van der Waals surface area contributed by atoms with Crippen molar-refractivity contribution in [1.29, 1.82) is 0 Å². The third kappa shape index (κ3) is 3.90. The van der Waals surface area contributed by atoms with Gasteiger partial charge in [-0.15, -0.1) is 0 Å². The first-order chi connectivity index (χ1) is 10.5. The highest BCUT2D eigenvalue weighted by Gasteiger charge is 2.26. The molecule has 22 heavy (non-hydrogen) atoms. The van der Waals surface area contributed by atoms with E-state index in [1.54, 1.807) is 0 Å². The highest BCUT2D eigenvalue weighted by atomic mass is 19.1. The lowest BCUT2D eigenvalue weighted by molar-refractivity contribution is -0.133. The van der Waals surface area contributed by atoms with Gasteiger partial charge in [-0.25, -0.2) is 8.78 Å². The molecule has 0 heterocycles. The molecule has 0 bridgehead atoms. The molecule has 0 unspecified atom stereocenters. The first-order valence-corrected chi connectivity index (χ1v) is 7.20. The third-order valence-electron chi connectivity index (χ3n) is 3.77. The van der Waals surface area contributed by atoms with E-state index in [-0.39, 0.29) is 18.2 Å². The molecule has 0 aliphatic heterocycles. The topological polar surface area (TPSA) is 63.4 Å². The van der Waals surface area contributed by atoms with E-state index in [2.05, 4.69) is 0 Å². The Bertz CT molecular complexity index is 576. The summed E-state index contributed by atoms with van der Waals surface area (Å²) in [5, 5.41) is 0. The third-order valence-corrected chi connectivity index (χ3v) is 3.77. The molecule has 0 atom stereocenters. The van der Waals surface area contributed by atoms with E-state index in [9.17, 15) is 18.4 Å². The average molecular weight is 308 g/mol. The van der Waals surface area contributed by atoms with Crippen LogP contribution in [-0.2, 0) is 9.59 Å². The fourth-order valence-corrected chi connectivity index (χ4v) is 2.69. The van der Waals surface area contributed by atoms with Crippen molar-refractivity contribution in [3.05, 3.63) is 41.5 Å². The Kier molecular flexibility index (Phi) is 5.25. The molecule has 1 aliphatic rings. The van der Waals surface area contributed by atoms with Crippen LogP contribution < -0.4 is 5.73 Å². The molecule has 0 saturated heterocycles. The second-order valence-electron chi connectivity index (χ2n) is 5.34. The minimum Gasteiger partial charge on any atom is -0.368 e. The molecule has 2 N–H and O–H groups in total. The van der Waals surface area contributed by atoms with E-state index in [1.165, 1.54) is 11.0 Å². The Labute approximate surface area is 127 Å². The maximum absolute atomic E-state index is 13.5. The SMILES string of the molecule is NC(=O)CN(C(=O)/C=C/c1c(F)cccc1F)C1CCCC1. The summed E-state index contributed by atoms with van der Waals surface area (Å²) in [7, 11) is 0. The van der Waals surface area contributed by atoms with Crippen LogP contribution in [0.15, 0.2) is 24.3 Å². The summed E-state index contributed by atoms with van der Waals surface area (Å²) in [6, 6.07) is 3.44. The van der Waals surface area contributed by atoms with E-state index < -0.39 is 23.4 Å². The van der Waals surface area contributed by atoms with Gasteiger partial charge in [0.2, 0.25) is 11.8 Å². The second-order valence-corrected chi connectivity index (χ2v) is 5.34.